The lowest BCUT2D eigenvalue weighted by atomic mass is 10.2. The van der Waals surface area contributed by atoms with Crippen LogP contribution < -0.4 is 16.4 Å². The normalized spacial score (nSPS) is 10.5. The molecule has 96 valence electrons. The maximum absolute atomic E-state index is 11.3. The van der Waals surface area contributed by atoms with Crippen LogP contribution in [0.3, 0.4) is 0 Å². The third-order valence-corrected chi connectivity index (χ3v) is 3.31. The van der Waals surface area contributed by atoms with Gasteiger partial charge in [-0.15, -0.1) is 0 Å². The van der Waals surface area contributed by atoms with E-state index in [0.29, 0.717) is 11.5 Å². The zero-order chi connectivity index (χ0) is 12.8. The lowest BCUT2D eigenvalue weighted by Crippen LogP contribution is -2.29. The molecule has 0 aliphatic carbocycles. The van der Waals surface area contributed by atoms with Crippen molar-refractivity contribution in [2.75, 3.05) is 30.3 Å². The zero-order valence-corrected chi connectivity index (χ0v) is 10.7. The van der Waals surface area contributed by atoms with E-state index >= 15 is 0 Å². The smallest absolute Gasteiger partial charge is 0.255 e. The van der Waals surface area contributed by atoms with Gasteiger partial charge in [-0.3, -0.25) is 4.79 Å². The van der Waals surface area contributed by atoms with Gasteiger partial charge in [-0.05, 0) is 18.0 Å². The van der Waals surface area contributed by atoms with Crippen molar-refractivity contribution in [3.63, 3.8) is 0 Å². The molecule has 0 saturated heterocycles. The fourth-order valence-corrected chi connectivity index (χ4v) is 2.40. The Hall–Kier alpha value is -1.34. The molecule has 0 unspecified atom stereocenters. The number of unbranched alkanes of at least 4 members (excludes halogenated alkanes) is 1. The van der Waals surface area contributed by atoms with Crippen molar-refractivity contribution in [2.24, 2.45) is 5.73 Å². The van der Waals surface area contributed by atoms with E-state index in [9.17, 15) is 4.79 Å². The highest BCUT2D eigenvalue weighted by atomic mass is 32.1. The van der Waals surface area contributed by atoms with Gasteiger partial charge in [0.15, 0.2) is 5.82 Å². The average Bonchev–Trinajstić information content (AvgIpc) is 2.66. The van der Waals surface area contributed by atoms with Crippen LogP contribution in [-0.2, 0) is 0 Å². The monoisotopic (exact) mass is 258 g/mol. The summed E-state index contributed by atoms with van der Waals surface area (Å²) < 4.78 is 3.94. The number of hydrogen-bond acceptors (Lipinski definition) is 6. The fraction of sp³-hybridized carbons (Fsp3) is 0.600. The van der Waals surface area contributed by atoms with E-state index in [0.717, 1.165) is 30.9 Å². The molecule has 0 radical (unpaired) electrons. The quantitative estimate of drug-likeness (QED) is 0.657. The number of hydrogen-bond donors (Lipinski definition) is 3. The Morgan fingerprint density at radius 1 is 1.53 bits per heavy atom. The average molecular weight is 258 g/mol. The molecule has 0 aliphatic rings. The van der Waals surface area contributed by atoms with Crippen LogP contribution in [0.15, 0.2) is 0 Å². The highest BCUT2D eigenvalue weighted by Crippen LogP contribution is 2.30. The number of carbonyl (C=O) groups excluding carboxylic acids is 1. The second-order valence-electron chi connectivity index (χ2n) is 3.68. The Labute approximate surface area is 104 Å². The molecule has 0 aliphatic heterocycles. The van der Waals surface area contributed by atoms with Gasteiger partial charge in [0.2, 0.25) is 0 Å². The first-order valence-electron chi connectivity index (χ1n) is 5.52. The first kappa shape index (κ1) is 13.7. The summed E-state index contributed by atoms with van der Waals surface area (Å²) in [7, 11) is 0. The second kappa shape index (κ2) is 6.41. The summed E-state index contributed by atoms with van der Waals surface area (Å²) in [6.07, 6.45) is 2.00. The summed E-state index contributed by atoms with van der Waals surface area (Å²) in [5, 5.41) is 9.68. The Morgan fingerprint density at radius 2 is 2.24 bits per heavy atom. The van der Waals surface area contributed by atoms with Crippen molar-refractivity contribution in [1.29, 1.82) is 0 Å². The third kappa shape index (κ3) is 3.31. The van der Waals surface area contributed by atoms with E-state index in [1.165, 1.54) is 0 Å². The van der Waals surface area contributed by atoms with Crippen LogP contribution in [0.5, 0.6) is 0 Å². The molecular formula is C10H18N4O2S. The third-order valence-electron chi connectivity index (χ3n) is 2.39. The number of aliphatic hydroxyl groups is 1. The van der Waals surface area contributed by atoms with E-state index in [2.05, 4.69) is 11.3 Å². The molecule has 1 rings (SSSR count). The van der Waals surface area contributed by atoms with Crippen molar-refractivity contribution in [1.82, 2.24) is 4.37 Å². The van der Waals surface area contributed by atoms with Crippen molar-refractivity contribution < 1.29 is 9.90 Å². The summed E-state index contributed by atoms with van der Waals surface area (Å²) in [6, 6.07) is 0. The van der Waals surface area contributed by atoms with Gasteiger partial charge in [-0.2, -0.15) is 4.37 Å². The molecule has 0 aromatic carbocycles. The number of nitrogens with two attached hydrogens (primary N) is 2. The summed E-state index contributed by atoms with van der Waals surface area (Å²) in [6.45, 7) is 3.29. The lowest BCUT2D eigenvalue weighted by Gasteiger charge is -2.22. The van der Waals surface area contributed by atoms with Crippen LogP contribution in [0.2, 0.25) is 0 Å². The van der Waals surface area contributed by atoms with Gasteiger partial charge in [0.05, 0.1) is 6.61 Å². The molecule has 1 heterocycles. The minimum Gasteiger partial charge on any atom is -0.395 e. The highest BCUT2D eigenvalue weighted by molar-refractivity contribution is 7.11. The number of aromatic nitrogens is 1. The predicted molar refractivity (Wildman–Crippen MR) is 69.3 cm³/mol. The standard InChI is InChI=1S/C10H18N4O2S/c1-2-3-4-14(5-6-15)10-7(9(12)16)8(11)13-17-10/h15H,2-6H2,1H3,(H2,11,13)(H2,12,16). The molecule has 1 aromatic heterocycles. The second-order valence-corrected chi connectivity index (χ2v) is 4.43. The molecule has 6 nitrogen and oxygen atoms in total. The van der Waals surface area contributed by atoms with Gasteiger partial charge in [0, 0.05) is 13.1 Å². The molecule has 1 amide bonds. The molecule has 0 spiro atoms. The van der Waals surface area contributed by atoms with Gasteiger partial charge in [-0.25, -0.2) is 0 Å². The molecule has 0 bridgehead atoms. The van der Waals surface area contributed by atoms with Crippen molar-refractivity contribution in [2.45, 2.75) is 19.8 Å². The largest absolute Gasteiger partial charge is 0.395 e. The minimum atomic E-state index is -0.578. The van der Waals surface area contributed by atoms with E-state index in [4.69, 9.17) is 16.6 Å². The Kier molecular flexibility index (Phi) is 5.17. The van der Waals surface area contributed by atoms with Gasteiger partial charge in [-0.1, -0.05) is 13.3 Å². The van der Waals surface area contributed by atoms with Crippen LogP contribution in [0.25, 0.3) is 0 Å². The summed E-state index contributed by atoms with van der Waals surface area (Å²) in [4.78, 5) is 13.2. The number of nitrogen functional groups attached to an aromatic ring is 1. The first-order valence-corrected chi connectivity index (χ1v) is 6.29. The minimum absolute atomic E-state index is 0.0136. The summed E-state index contributed by atoms with van der Waals surface area (Å²) >= 11 is 1.14. The van der Waals surface area contributed by atoms with Gasteiger partial charge < -0.3 is 21.5 Å². The lowest BCUT2D eigenvalue weighted by molar-refractivity contribution is 0.100. The van der Waals surface area contributed by atoms with Crippen LogP contribution in [0.4, 0.5) is 10.8 Å². The number of aliphatic hydroxyl groups excluding tert-OH is 1. The Bertz CT molecular complexity index is 380. The number of amides is 1. The number of rotatable bonds is 7. The van der Waals surface area contributed by atoms with E-state index in [-0.39, 0.29) is 18.0 Å². The molecule has 0 fully saturated rings. The molecule has 5 N–H and O–H groups in total. The molecule has 7 heteroatoms. The van der Waals surface area contributed by atoms with Crippen LogP contribution in [0.1, 0.15) is 30.1 Å². The molecular weight excluding hydrogens is 240 g/mol. The topological polar surface area (TPSA) is 105 Å². The fourth-order valence-electron chi connectivity index (χ4n) is 1.53. The van der Waals surface area contributed by atoms with E-state index < -0.39 is 5.91 Å². The Balaban J connectivity index is 2.96. The molecule has 1 aromatic rings. The maximum Gasteiger partial charge on any atom is 0.255 e. The van der Waals surface area contributed by atoms with Crippen molar-refractivity contribution in [3.05, 3.63) is 5.56 Å². The van der Waals surface area contributed by atoms with Crippen molar-refractivity contribution in [3.8, 4) is 0 Å². The van der Waals surface area contributed by atoms with E-state index in [1.807, 2.05) is 4.90 Å². The van der Waals surface area contributed by atoms with Crippen LogP contribution in [-0.4, -0.2) is 35.1 Å². The van der Waals surface area contributed by atoms with Gasteiger partial charge >= 0.3 is 0 Å². The summed E-state index contributed by atoms with van der Waals surface area (Å²) in [5.41, 5.74) is 11.2. The van der Waals surface area contributed by atoms with Gasteiger partial charge in [0.25, 0.3) is 5.91 Å². The van der Waals surface area contributed by atoms with E-state index in [1.54, 1.807) is 0 Å². The van der Waals surface area contributed by atoms with Gasteiger partial charge in [0.1, 0.15) is 10.6 Å². The maximum atomic E-state index is 11.3. The molecule has 0 saturated carbocycles. The number of primary amides is 1. The molecule has 0 atom stereocenters. The number of anilines is 2. The summed E-state index contributed by atoms with van der Waals surface area (Å²) in [5.74, 6) is -0.414. The highest BCUT2D eigenvalue weighted by Gasteiger charge is 2.21. The Morgan fingerprint density at radius 3 is 2.76 bits per heavy atom. The zero-order valence-electron chi connectivity index (χ0n) is 9.85. The van der Waals surface area contributed by atoms with Crippen LogP contribution >= 0.6 is 11.5 Å². The SMILES string of the molecule is CCCCN(CCO)c1snc(N)c1C(N)=O. The van der Waals surface area contributed by atoms with Crippen molar-refractivity contribution >= 4 is 28.3 Å². The first-order chi connectivity index (χ1) is 8.11. The predicted octanol–water partition coefficient (Wildman–Crippen LogP) is 0.423. The van der Waals surface area contributed by atoms with Crippen LogP contribution in [0, 0.1) is 0 Å². The number of carbonyl (C=O) groups is 1. The number of nitrogens with zero attached hydrogens (tertiary/aromatic N) is 2. The molecule has 17 heavy (non-hydrogen) atoms.